The SMILES string of the molecule is COc1ccc(CCc2ncc(C)o2)cc1Br. The van der Waals surface area contributed by atoms with E-state index >= 15 is 0 Å². The molecule has 1 heterocycles. The molecule has 90 valence electrons. The van der Waals surface area contributed by atoms with E-state index in [1.807, 2.05) is 13.0 Å². The number of ether oxygens (including phenoxy) is 1. The molecule has 17 heavy (non-hydrogen) atoms. The zero-order valence-corrected chi connectivity index (χ0v) is 11.5. The lowest BCUT2D eigenvalue weighted by molar-refractivity contribution is 0.412. The number of hydrogen-bond acceptors (Lipinski definition) is 3. The minimum atomic E-state index is 0.787. The van der Waals surface area contributed by atoms with Crippen LogP contribution in [-0.2, 0) is 12.8 Å². The third-order valence-corrected chi connectivity index (χ3v) is 3.13. The summed E-state index contributed by atoms with van der Waals surface area (Å²) in [6, 6.07) is 6.08. The number of methoxy groups -OCH3 is 1. The highest BCUT2D eigenvalue weighted by molar-refractivity contribution is 9.10. The lowest BCUT2D eigenvalue weighted by Gasteiger charge is -2.05. The van der Waals surface area contributed by atoms with Gasteiger partial charge in [-0.05, 0) is 47.0 Å². The largest absolute Gasteiger partial charge is 0.496 e. The number of hydrogen-bond donors (Lipinski definition) is 0. The van der Waals surface area contributed by atoms with Crippen molar-refractivity contribution in [2.24, 2.45) is 0 Å². The molecule has 0 fully saturated rings. The molecule has 0 atom stereocenters. The van der Waals surface area contributed by atoms with E-state index in [-0.39, 0.29) is 0 Å². The summed E-state index contributed by atoms with van der Waals surface area (Å²) in [5.74, 6) is 2.49. The fraction of sp³-hybridized carbons (Fsp3) is 0.308. The number of rotatable bonds is 4. The van der Waals surface area contributed by atoms with Gasteiger partial charge < -0.3 is 9.15 Å². The third kappa shape index (κ3) is 3.09. The summed E-state index contributed by atoms with van der Waals surface area (Å²) in [7, 11) is 1.66. The molecule has 0 saturated heterocycles. The van der Waals surface area contributed by atoms with Crippen molar-refractivity contribution in [3.63, 3.8) is 0 Å². The van der Waals surface area contributed by atoms with Crippen molar-refractivity contribution < 1.29 is 9.15 Å². The summed E-state index contributed by atoms with van der Waals surface area (Å²) in [4.78, 5) is 4.18. The van der Waals surface area contributed by atoms with Gasteiger partial charge in [0.2, 0.25) is 0 Å². The molecule has 1 aromatic carbocycles. The molecule has 2 aromatic rings. The molecule has 4 heteroatoms. The molecule has 0 saturated carbocycles. The first-order valence-corrected chi connectivity index (χ1v) is 6.22. The maximum absolute atomic E-state index is 5.43. The molecule has 0 aliphatic carbocycles. The van der Waals surface area contributed by atoms with E-state index in [1.54, 1.807) is 13.3 Å². The van der Waals surface area contributed by atoms with Gasteiger partial charge in [0, 0.05) is 6.42 Å². The van der Waals surface area contributed by atoms with Crippen molar-refractivity contribution in [1.29, 1.82) is 0 Å². The maximum Gasteiger partial charge on any atom is 0.194 e. The fourth-order valence-corrected chi connectivity index (χ4v) is 2.22. The van der Waals surface area contributed by atoms with Crippen LogP contribution in [0.5, 0.6) is 5.75 Å². The van der Waals surface area contributed by atoms with Gasteiger partial charge in [0.25, 0.3) is 0 Å². The second kappa shape index (κ2) is 5.36. The summed E-state index contributed by atoms with van der Waals surface area (Å²) in [6.07, 6.45) is 3.47. The van der Waals surface area contributed by atoms with Crippen LogP contribution in [0.4, 0.5) is 0 Å². The van der Waals surface area contributed by atoms with E-state index in [2.05, 4.69) is 33.0 Å². The van der Waals surface area contributed by atoms with E-state index in [0.29, 0.717) is 0 Å². The van der Waals surface area contributed by atoms with Gasteiger partial charge in [-0.25, -0.2) is 4.98 Å². The fourth-order valence-electron chi connectivity index (χ4n) is 1.63. The average Bonchev–Trinajstić information content (AvgIpc) is 2.73. The normalized spacial score (nSPS) is 10.5. The molecule has 0 N–H and O–H groups in total. The van der Waals surface area contributed by atoms with Crippen molar-refractivity contribution in [3.8, 4) is 5.75 Å². The molecular formula is C13H14BrNO2. The monoisotopic (exact) mass is 295 g/mol. The van der Waals surface area contributed by atoms with Gasteiger partial charge in [-0.2, -0.15) is 0 Å². The second-order valence-electron chi connectivity index (χ2n) is 3.83. The molecule has 0 spiro atoms. The highest BCUT2D eigenvalue weighted by Gasteiger charge is 2.04. The molecule has 0 radical (unpaired) electrons. The number of benzene rings is 1. The predicted octanol–water partition coefficient (Wildman–Crippen LogP) is 3.54. The highest BCUT2D eigenvalue weighted by Crippen LogP contribution is 2.26. The van der Waals surface area contributed by atoms with Crippen molar-refractivity contribution >= 4 is 15.9 Å². The molecular weight excluding hydrogens is 282 g/mol. The second-order valence-corrected chi connectivity index (χ2v) is 4.69. The van der Waals surface area contributed by atoms with E-state index in [1.165, 1.54) is 5.56 Å². The summed E-state index contributed by atoms with van der Waals surface area (Å²) in [5, 5.41) is 0. The first-order chi connectivity index (χ1) is 8.19. The van der Waals surface area contributed by atoms with Crippen LogP contribution in [0.3, 0.4) is 0 Å². The number of nitrogens with zero attached hydrogens (tertiary/aromatic N) is 1. The zero-order chi connectivity index (χ0) is 12.3. The van der Waals surface area contributed by atoms with Crippen LogP contribution in [0, 0.1) is 6.92 Å². The molecule has 0 amide bonds. The number of halogens is 1. The van der Waals surface area contributed by atoms with Crippen LogP contribution in [0.25, 0.3) is 0 Å². The van der Waals surface area contributed by atoms with Gasteiger partial charge in [0.05, 0.1) is 17.8 Å². The van der Waals surface area contributed by atoms with Gasteiger partial charge >= 0.3 is 0 Å². The van der Waals surface area contributed by atoms with Crippen molar-refractivity contribution in [3.05, 3.63) is 46.1 Å². The lowest BCUT2D eigenvalue weighted by Crippen LogP contribution is -1.92. The topological polar surface area (TPSA) is 35.3 Å². The van der Waals surface area contributed by atoms with Crippen molar-refractivity contribution in [1.82, 2.24) is 4.98 Å². The summed E-state index contributed by atoms with van der Waals surface area (Å²) >= 11 is 3.47. The Morgan fingerprint density at radius 3 is 2.76 bits per heavy atom. The Labute approximate surface area is 109 Å². The molecule has 0 bridgehead atoms. The molecule has 0 aliphatic rings. The zero-order valence-electron chi connectivity index (χ0n) is 9.87. The van der Waals surface area contributed by atoms with Crippen LogP contribution in [-0.4, -0.2) is 12.1 Å². The first kappa shape index (κ1) is 12.2. The Kier molecular flexibility index (Phi) is 3.84. The first-order valence-electron chi connectivity index (χ1n) is 5.43. The Morgan fingerprint density at radius 2 is 2.18 bits per heavy atom. The summed E-state index contributed by atoms with van der Waals surface area (Å²) in [5.41, 5.74) is 1.23. The van der Waals surface area contributed by atoms with Gasteiger partial charge in [0.15, 0.2) is 5.89 Å². The van der Waals surface area contributed by atoms with Crippen molar-refractivity contribution in [2.45, 2.75) is 19.8 Å². The van der Waals surface area contributed by atoms with Crippen LogP contribution in [0.15, 0.2) is 33.3 Å². The quantitative estimate of drug-likeness (QED) is 0.865. The predicted molar refractivity (Wildman–Crippen MR) is 69.3 cm³/mol. The minimum absolute atomic E-state index is 0.787. The van der Waals surface area contributed by atoms with Gasteiger partial charge in [0.1, 0.15) is 11.5 Å². The Hall–Kier alpha value is -1.29. The Balaban J connectivity index is 2.02. The van der Waals surface area contributed by atoms with E-state index in [4.69, 9.17) is 9.15 Å². The molecule has 0 aliphatic heterocycles. The van der Waals surface area contributed by atoms with Gasteiger partial charge in [-0.15, -0.1) is 0 Å². The maximum atomic E-state index is 5.43. The van der Waals surface area contributed by atoms with Crippen LogP contribution < -0.4 is 4.74 Å². The molecule has 1 aromatic heterocycles. The van der Waals surface area contributed by atoms with Crippen LogP contribution >= 0.6 is 15.9 Å². The van der Waals surface area contributed by atoms with Crippen LogP contribution in [0.1, 0.15) is 17.2 Å². The molecule has 0 unspecified atom stereocenters. The molecule has 3 nitrogen and oxygen atoms in total. The van der Waals surface area contributed by atoms with E-state index in [9.17, 15) is 0 Å². The average molecular weight is 296 g/mol. The number of aryl methyl sites for hydroxylation is 3. The highest BCUT2D eigenvalue weighted by atomic mass is 79.9. The van der Waals surface area contributed by atoms with Gasteiger partial charge in [-0.1, -0.05) is 6.07 Å². The number of oxazole rings is 1. The van der Waals surface area contributed by atoms with E-state index in [0.717, 1.165) is 34.7 Å². The smallest absolute Gasteiger partial charge is 0.194 e. The third-order valence-electron chi connectivity index (χ3n) is 2.51. The van der Waals surface area contributed by atoms with Crippen molar-refractivity contribution in [2.75, 3.05) is 7.11 Å². The number of aromatic nitrogens is 1. The minimum Gasteiger partial charge on any atom is -0.496 e. The Bertz CT molecular complexity index is 508. The standard InChI is InChI=1S/C13H14BrNO2/c1-9-8-15-13(17-9)6-4-10-3-5-12(16-2)11(14)7-10/h3,5,7-8H,4,6H2,1-2H3. The van der Waals surface area contributed by atoms with Crippen LogP contribution in [0.2, 0.25) is 0 Å². The Morgan fingerprint density at radius 1 is 1.35 bits per heavy atom. The van der Waals surface area contributed by atoms with E-state index < -0.39 is 0 Å². The van der Waals surface area contributed by atoms with Gasteiger partial charge in [-0.3, -0.25) is 0 Å². The molecule has 2 rings (SSSR count). The summed E-state index contributed by atoms with van der Waals surface area (Å²) in [6.45, 7) is 1.90. The lowest BCUT2D eigenvalue weighted by atomic mass is 10.1. The summed E-state index contributed by atoms with van der Waals surface area (Å²) < 4.78 is 11.6.